The van der Waals surface area contributed by atoms with E-state index in [1.807, 2.05) is 31.2 Å². The van der Waals surface area contributed by atoms with E-state index < -0.39 is 11.8 Å². The molecule has 164 valence electrons. The van der Waals surface area contributed by atoms with Crippen molar-refractivity contribution in [1.82, 2.24) is 5.43 Å². The summed E-state index contributed by atoms with van der Waals surface area (Å²) in [5.41, 5.74) is 5.40. The number of ether oxygens (including phenoxy) is 2. The van der Waals surface area contributed by atoms with Crippen molar-refractivity contribution in [3.63, 3.8) is 0 Å². The quantitative estimate of drug-likeness (QED) is 0.364. The summed E-state index contributed by atoms with van der Waals surface area (Å²) in [6.07, 6.45) is 1.58. The lowest BCUT2D eigenvalue weighted by Crippen LogP contribution is -2.21. The van der Waals surface area contributed by atoms with Gasteiger partial charge in [-0.15, -0.1) is 0 Å². The number of hydrogen-bond acceptors (Lipinski definition) is 5. The van der Waals surface area contributed by atoms with Gasteiger partial charge in [0.15, 0.2) is 11.5 Å². The molecule has 0 saturated heterocycles. The molecule has 0 fully saturated rings. The van der Waals surface area contributed by atoms with Crippen molar-refractivity contribution in [2.45, 2.75) is 6.92 Å². The zero-order chi connectivity index (χ0) is 23.1. The van der Waals surface area contributed by atoms with Crippen LogP contribution in [-0.2, 0) is 0 Å². The topological polar surface area (TPSA) is 89.0 Å². The highest BCUT2D eigenvalue weighted by Crippen LogP contribution is 2.28. The molecular weight excluding hydrogens is 474 g/mol. The van der Waals surface area contributed by atoms with Crippen LogP contribution in [0.2, 0.25) is 0 Å². The van der Waals surface area contributed by atoms with Gasteiger partial charge in [-0.1, -0.05) is 40.2 Å². The number of carbonyl (C=O) groups excluding carboxylic acids is 2. The van der Waals surface area contributed by atoms with Gasteiger partial charge in [0.05, 0.1) is 31.7 Å². The lowest BCUT2D eigenvalue weighted by atomic mass is 10.1. The van der Waals surface area contributed by atoms with Gasteiger partial charge in [0.1, 0.15) is 0 Å². The number of halogens is 1. The number of rotatable bonds is 7. The summed E-state index contributed by atoms with van der Waals surface area (Å²) in [4.78, 5) is 25.6. The second kappa shape index (κ2) is 10.6. The van der Waals surface area contributed by atoms with E-state index in [1.165, 1.54) is 14.2 Å². The maximum atomic E-state index is 12.8. The standard InChI is InChI=1S/C24H22BrN3O4/c1-15-6-4-5-7-17(15)14-26-28-24(30)19-13-18(25)9-10-20(19)27-23(29)16-8-11-21(31-2)22(12-16)32-3/h4-14H,1-3H3,(H,27,29)(H,28,30)/b26-14+. The molecule has 0 bridgehead atoms. The average Bonchev–Trinajstić information content (AvgIpc) is 2.80. The maximum absolute atomic E-state index is 12.8. The third-order valence-electron chi connectivity index (χ3n) is 4.68. The molecule has 0 saturated carbocycles. The van der Waals surface area contributed by atoms with Crippen molar-refractivity contribution in [1.29, 1.82) is 0 Å². The number of amides is 2. The van der Waals surface area contributed by atoms with Crippen molar-refractivity contribution < 1.29 is 19.1 Å². The zero-order valence-corrected chi connectivity index (χ0v) is 19.4. The van der Waals surface area contributed by atoms with Crippen LogP contribution in [0.5, 0.6) is 11.5 Å². The Bertz CT molecular complexity index is 1180. The lowest BCUT2D eigenvalue weighted by molar-refractivity contribution is 0.0956. The number of nitrogens with zero attached hydrogens (tertiary/aromatic N) is 1. The highest BCUT2D eigenvalue weighted by Gasteiger charge is 2.16. The first-order valence-electron chi connectivity index (χ1n) is 9.65. The first-order chi connectivity index (χ1) is 15.4. The fraction of sp³-hybridized carbons (Fsp3) is 0.125. The summed E-state index contributed by atoms with van der Waals surface area (Å²) in [6, 6.07) is 17.5. The number of hydrogen-bond donors (Lipinski definition) is 2. The fourth-order valence-electron chi connectivity index (χ4n) is 2.94. The molecule has 0 aromatic heterocycles. The number of benzene rings is 3. The normalized spacial score (nSPS) is 10.6. The Morgan fingerprint density at radius 2 is 1.69 bits per heavy atom. The van der Waals surface area contributed by atoms with E-state index in [9.17, 15) is 9.59 Å². The lowest BCUT2D eigenvalue weighted by Gasteiger charge is -2.12. The van der Waals surface area contributed by atoms with Gasteiger partial charge in [0.2, 0.25) is 0 Å². The first kappa shape index (κ1) is 23.0. The van der Waals surface area contributed by atoms with Crippen LogP contribution in [0.1, 0.15) is 31.8 Å². The van der Waals surface area contributed by atoms with Crippen molar-refractivity contribution in [2.75, 3.05) is 19.5 Å². The van der Waals surface area contributed by atoms with Crippen molar-refractivity contribution in [3.8, 4) is 11.5 Å². The van der Waals surface area contributed by atoms with Gasteiger partial charge in [0.25, 0.3) is 11.8 Å². The number of hydrazone groups is 1. The Hall–Kier alpha value is -3.65. The van der Waals surface area contributed by atoms with Gasteiger partial charge in [0, 0.05) is 10.0 Å². The molecule has 0 radical (unpaired) electrons. The molecule has 32 heavy (non-hydrogen) atoms. The van der Waals surface area contributed by atoms with Crippen LogP contribution in [-0.4, -0.2) is 32.2 Å². The van der Waals surface area contributed by atoms with Crippen LogP contribution in [0.15, 0.2) is 70.2 Å². The van der Waals surface area contributed by atoms with Crippen LogP contribution in [0.3, 0.4) is 0 Å². The Balaban J connectivity index is 1.79. The number of anilines is 1. The summed E-state index contributed by atoms with van der Waals surface area (Å²) >= 11 is 3.36. The minimum atomic E-state index is -0.459. The Morgan fingerprint density at radius 1 is 0.938 bits per heavy atom. The molecule has 0 aliphatic heterocycles. The molecule has 3 aromatic carbocycles. The van der Waals surface area contributed by atoms with Gasteiger partial charge < -0.3 is 14.8 Å². The Kier molecular flexibility index (Phi) is 7.62. The van der Waals surface area contributed by atoms with Gasteiger partial charge >= 0.3 is 0 Å². The summed E-state index contributed by atoms with van der Waals surface area (Å²) in [5.74, 6) is 0.0863. The molecule has 8 heteroatoms. The minimum absolute atomic E-state index is 0.259. The Morgan fingerprint density at radius 3 is 2.41 bits per heavy atom. The van der Waals surface area contributed by atoms with E-state index in [0.717, 1.165) is 11.1 Å². The van der Waals surface area contributed by atoms with E-state index in [-0.39, 0.29) is 5.56 Å². The van der Waals surface area contributed by atoms with E-state index in [1.54, 1.807) is 42.6 Å². The zero-order valence-electron chi connectivity index (χ0n) is 17.8. The number of aryl methyl sites for hydroxylation is 1. The molecule has 0 aliphatic carbocycles. The molecule has 0 atom stereocenters. The summed E-state index contributed by atoms with van der Waals surface area (Å²) in [6.45, 7) is 1.96. The van der Waals surface area contributed by atoms with Crippen LogP contribution in [0.25, 0.3) is 0 Å². The van der Waals surface area contributed by atoms with E-state index in [2.05, 4.69) is 31.8 Å². The van der Waals surface area contributed by atoms with Gasteiger partial charge in [-0.2, -0.15) is 5.10 Å². The predicted molar refractivity (Wildman–Crippen MR) is 128 cm³/mol. The molecule has 0 heterocycles. The SMILES string of the molecule is COc1ccc(C(=O)Nc2ccc(Br)cc2C(=O)N/N=C/c2ccccc2C)cc1OC. The highest BCUT2D eigenvalue weighted by atomic mass is 79.9. The smallest absolute Gasteiger partial charge is 0.273 e. The molecule has 2 N–H and O–H groups in total. The third kappa shape index (κ3) is 5.53. The third-order valence-corrected chi connectivity index (χ3v) is 5.17. The van der Waals surface area contributed by atoms with Gasteiger partial charge in [-0.3, -0.25) is 9.59 Å². The minimum Gasteiger partial charge on any atom is -0.493 e. The number of methoxy groups -OCH3 is 2. The largest absolute Gasteiger partial charge is 0.493 e. The number of nitrogens with one attached hydrogen (secondary N) is 2. The van der Waals surface area contributed by atoms with E-state index in [4.69, 9.17) is 9.47 Å². The van der Waals surface area contributed by atoms with E-state index >= 15 is 0 Å². The van der Waals surface area contributed by atoms with Gasteiger partial charge in [-0.05, 0) is 54.4 Å². The molecule has 0 unspecified atom stereocenters. The highest BCUT2D eigenvalue weighted by molar-refractivity contribution is 9.10. The molecule has 3 rings (SSSR count). The molecule has 7 nitrogen and oxygen atoms in total. The van der Waals surface area contributed by atoms with Crippen molar-refractivity contribution in [2.24, 2.45) is 5.10 Å². The van der Waals surface area contributed by atoms with Crippen LogP contribution >= 0.6 is 15.9 Å². The van der Waals surface area contributed by atoms with Crippen molar-refractivity contribution >= 4 is 39.6 Å². The van der Waals surface area contributed by atoms with Crippen LogP contribution in [0.4, 0.5) is 5.69 Å². The summed E-state index contributed by atoms with van der Waals surface area (Å²) < 4.78 is 11.1. The molecule has 2 amide bonds. The molecule has 0 spiro atoms. The van der Waals surface area contributed by atoms with Gasteiger partial charge in [-0.25, -0.2) is 5.43 Å². The molecular formula is C24H22BrN3O4. The second-order valence-corrected chi connectivity index (χ2v) is 7.69. The predicted octanol–water partition coefficient (Wildman–Crippen LogP) is 4.79. The molecule has 0 aliphatic rings. The fourth-order valence-corrected chi connectivity index (χ4v) is 3.30. The number of carbonyl (C=O) groups is 2. The Labute approximate surface area is 194 Å². The monoisotopic (exact) mass is 495 g/mol. The second-order valence-electron chi connectivity index (χ2n) is 6.77. The first-order valence-corrected chi connectivity index (χ1v) is 10.4. The summed E-state index contributed by atoms with van der Waals surface area (Å²) in [7, 11) is 3.01. The van der Waals surface area contributed by atoms with Crippen molar-refractivity contribution in [3.05, 3.63) is 87.4 Å². The molecule has 3 aromatic rings. The van der Waals surface area contributed by atoms with Crippen LogP contribution < -0.4 is 20.2 Å². The average molecular weight is 496 g/mol. The maximum Gasteiger partial charge on any atom is 0.273 e. The van der Waals surface area contributed by atoms with E-state index in [0.29, 0.717) is 27.2 Å². The van der Waals surface area contributed by atoms with Crippen LogP contribution in [0, 0.1) is 6.92 Å². The summed E-state index contributed by atoms with van der Waals surface area (Å²) in [5, 5.41) is 6.82.